The quantitative estimate of drug-likeness (QED) is 0.491. The van der Waals surface area contributed by atoms with Gasteiger partial charge in [-0.25, -0.2) is 0 Å². The molecule has 1 heteroatoms. The standard InChI is InChI=1S/C8H12S/c1-6-3-4-7(2)8(9)5-6/h3-4,8-9H,5H2,1-2H3. The van der Waals surface area contributed by atoms with Gasteiger partial charge in [0.1, 0.15) is 0 Å². The lowest BCUT2D eigenvalue weighted by molar-refractivity contribution is 0.930. The van der Waals surface area contributed by atoms with Crippen LogP contribution in [-0.2, 0) is 0 Å². The summed E-state index contributed by atoms with van der Waals surface area (Å²) >= 11 is 4.41. The molecular weight excluding hydrogens is 128 g/mol. The van der Waals surface area contributed by atoms with Gasteiger partial charge in [0.15, 0.2) is 0 Å². The van der Waals surface area contributed by atoms with Crippen molar-refractivity contribution in [3.63, 3.8) is 0 Å². The van der Waals surface area contributed by atoms with E-state index in [9.17, 15) is 0 Å². The van der Waals surface area contributed by atoms with Crippen LogP contribution in [0.25, 0.3) is 0 Å². The van der Waals surface area contributed by atoms with Gasteiger partial charge >= 0.3 is 0 Å². The van der Waals surface area contributed by atoms with Crippen molar-refractivity contribution in [2.75, 3.05) is 0 Å². The molecule has 1 aliphatic rings. The average molecular weight is 140 g/mol. The third-order valence-corrected chi connectivity index (χ3v) is 2.26. The fourth-order valence-corrected chi connectivity index (χ4v) is 1.29. The highest BCUT2D eigenvalue weighted by atomic mass is 32.1. The molecule has 0 aromatic rings. The molecule has 0 amide bonds. The highest BCUT2D eigenvalue weighted by molar-refractivity contribution is 7.81. The summed E-state index contributed by atoms with van der Waals surface area (Å²) in [5.74, 6) is 0. The number of hydrogen-bond donors (Lipinski definition) is 1. The molecule has 0 radical (unpaired) electrons. The second kappa shape index (κ2) is 2.61. The molecule has 0 nitrogen and oxygen atoms in total. The lowest BCUT2D eigenvalue weighted by Crippen LogP contribution is -2.04. The third kappa shape index (κ3) is 1.62. The summed E-state index contributed by atoms with van der Waals surface area (Å²) in [5.41, 5.74) is 2.81. The van der Waals surface area contributed by atoms with Gasteiger partial charge in [-0.05, 0) is 20.3 Å². The van der Waals surface area contributed by atoms with Gasteiger partial charge < -0.3 is 0 Å². The van der Waals surface area contributed by atoms with Gasteiger partial charge in [0.2, 0.25) is 0 Å². The van der Waals surface area contributed by atoms with Crippen molar-refractivity contribution in [2.45, 2.75) is 25.5 Å². The van der Waals surface area contributed by atoms with E-state index in [2.05, 4.69) is 38.6 Å². The molecule has 0 bridgehead atoms. The first-order chi connectivity index (χ1) is 4.20. The Morgan fingerprint density at radius 2 is 2.11 bits per heavy atom. The first kappa shape index (κ1) is 6.94. The van der Waals surface area contributed by atoms with Crippen LogP contribution >= 0.6 is 12.6 Å². The van der Waals surface area contributed by atoms with Crippen LogP contribution in [0.2, 0.25) is 0 Å². The van der Waals surface area contributed by atoms with Crippen molar-refractivity contribution < 1.29 is 0 Å². The van der Waals surface area contributed by atoms with Crippen molar-refractivity contribution in [1.82, 2.24) is 0 Å². The predicted octanol–water partition coefficient (Wildman–Crippen LogP) is 2.58. The van der Waals surface area contributed by atoms with Crippen molar-refractivity contribution in [3.8, 4) is 0 Å². The van der Waals surface area contributed by atoms with Crippen LogP contribution in [0.5, 0.6) is 0 Å². The van der Waals surface area contributed by atoms with Gasteiger partial charge in [-0.1, -0.05) is 23.3 Å². The molecule has 50 valence electrons. The van der Waals surface area contributed by atoms with Crippen LogP contribution < -0.4 is 0 Å². The third-order valence-electron chi connectivity index (χ3n) is 1.67. The molecule has 9 heavy (non-hydrogen) atoms. The first-order valence-corrected chi connectivity index (χ1v) is 3.74. The first-order valence-electron chi connectivity index (χ1n) is 3.22. The van der Waals surface area contributed by atoms with Crippen molar-refractivity contribution in [1.29, 1.82) is 0 Å². The summed E-state index contributed by atoms with van der Waals surface area (Å²) in [6, 6.07) is 0. The molecule has 1 unspecified atom stereocenters. The molecule has 0 aromatic carbocycles. The second-order valence-corrected chi connectivity index (χ2v) is 3.27. The van der Waals surface area contributed by atoms with Crippen LogP contribution in [0.3, 0.4) is 0 Å². The highest BCUT2D eigenvalue weighted by Crippen LogP contribution is 2.22. The maximum Gasteiger partial charge on any atom is 0.0263 e. The lowest BCUT2D eigenvalue weighted by Gasteiger charge is -2.15. The summed E-state index contributed by atoms with van der Waals surface area (Å²) in [5, 5.41) is 0.468. The molecule has 0 N–H and O–H groups in total. The molecule has 0 saturated carbocycles. The molecule has 0 fully saturated rings. The summed E-state index contributed by atoms with van der Waals surface area (Å²) in [6.07, 6.45) is 5.43. The Kier molecular flexibility index (Phi) is 2.01. The maximum absolute atomic E-state index is 4.41. The van der Waals surface area contributed by atoms with E-state index >= 15 is 0 Å². The van der Waals surface area contributed by atoms with Crippen LogP contribution in [0.1, 0.15) is 20.3 Å². The lowest BCUT2D eigenvalue weighted by atomic mass is 10.0. The zero-order valence-corrected chi connectivity index (χ0v) is 6.78. The summed E-state index contributed by atoms with van der Waals surface area (Å²) in [7, 11) is 0. The van der Waals surface area contributed by atoms with E-state index in [4.69, 9.17) is 0 Å². The molecule has 1 atom stereocenters. The molecular formula is C8H12S. The monoisotopic (exact) mass is 140 g/mol. The van der Waals surface area contributed by atoms with Crippen LogP contribution in [0.4, 0.5) is 0 Å². The van der Waals surface area contributed by atoms with Gasteiger partial charge in [0, 0.05) is 5.25 Å². The Balaban J connectivity index is 2.74. The highest BCUT2D eigenvalue weighted by Gasteiger charge is 2.08. The molecule has 0 spiro atoms. The minimum absolute atomic E-state index is 0.468. The van der Waals surface area contributed by atoms with E-state index in [-0.39, 0.29) is 0 Å². The largest absolute Gasteiger partial charge is 0.171 e. The van der Waals surface area contributed by atoms with Gasteiger partial charge in [-0.3, -0.25) is 0 Å². The number of thiol groups is 1. The number of hydrogen-bond acceptors (Lipinski definition) is 1. The van der Waals surface area contributed by atoms with E-state index in [1.165, 1.54) is 11.1 Å². The van der Waals surface area contributed by atoms with Crippen LogP contribution in [-0.4, -0.2) is 5.25 Å². The van der Waals surface area contributed by atoms with E-state index in [0.717, 1.165) is 6.42 Å². The molecule has 0 aromatic heterocycles. The number of allylic oxidation sites excluding steroid dienone is 3. The van der Waals surface area contributed by atoms with E-state index in [1.807, 2.05) is 0 Å². The van der Waals surface area contributed by atoms with Crippen molar-refractivity contribution in [3.05, 3.63) is 23.3 Å². The fraction of sp³-hybridized carbons (Fsp3) is 0.500. The van der Waals surface area contributed by atoms with Gasteiger partial charge in [0.25, 0.3) is 0 Å². The molecule has 0 heterocycles. The van der Waals surface area contributed by atoms with E-state index in [1.54, 1.807) is 0 Å². The zero-order chi connectivity index (χ0) is 6.85. The SMILES string of the molecule is CC1=CC=C(C)C(S)C1. The zero-order valence-electron chi connectivity index (χ0n) is 5.89. The van der Waals surface area contributed by atoms with Crippen molar-refractivity contribution in [2.24, 2.45) is 0 Å². The Labute approximate surface area is 62.1 Å². The summed E-state index contributed by atoms with van der Waals surface area (Å²) < 4.78 is 0. The molecule has 0 aliphatic heterocycles. The minimum Gasteiger partial charge on any atom is -0.171 e. The van der Waals surface area contributed by atoms with E-state index < -0.39 is 0 Å². The van der Waals surface area contributed by atoms with Crippen LogP contribution in [0, 0.1) is 0 Å². The molecule has 1 aliphatic carbocycles. The van der Waals surface area contributed by atoms with E-state index in [0.29, 0.717) is 5.25 Å². The Morgan fingerprint density at radius 3 is 2.56 bits per heavy atom. The number of rotatable bonds is 0. The van der Waals surface area contributed by atoms with Crippen LogP contribution in [0.15, 0.2) is 23.3 Å². The normalized spacial score (nSPS) is 27.2. The second-order valence-electron chi connectivity index (χ2n) is 2.64. The fourth-order valence-electron chi connectivity index (χ4n) is 0.919. The Hall–Kier alpha value is -0.170. The topological polar surface area (TPSA) is 0 Å². The Morgan fingerprint density at radius 1 is 1.44 bits per heavy atom. The summed E-state index contributed by atoms with van der Waals surface area (Å²) in [4.78, 5) is 0. The molecule has 1 rings (SSSR count). The predicted molar refractivity (Wildman–Crippen MR) is 44.9 cm³/mol. The summed E-state index contributed by atoms with van der Waals surface area (Å²) in [6.45, 7) is 4.27. The van der Waals surface area contributed by atoms with Gasteiger partial charge in [0.05, 0.1) is 0 Å². The van der Waals surface area contributed by atoms with Gasteiger partial charge in [-0.2, -0.15) is 12.6 Å². The average Bonchev–Trinajstić information content (AvgIpc) is 1.80. The minimum atomic E-state index is 0.468. The maximum atomic E-state index is 4.41. The van der Waals surface area contributed by atoms with Gasteiger partial charge in [-0.15, -0.1) is 0 Å². The Bertz CT molecular complexity index is 165. The molecule has 0 saturated heterocycles. The smallest absolute Gasteiger partial charge is 0.0263 e. The van der Waals surface area contributed by atoms with Crippen molar-refractivity contribution >= 4 is 12.6 Å².